The van der Waals surface area contributed by atoms with Crippen molar-refractivity contribution in [3.8, 4) is 0 Å². The maximum absolute atomic E-state index is 14.2. The first-order valence-corrected chi connectivity index (χ1v) is 13.2. The number of fused-ring (bicyclic) bond motifs is 2. The third kappa shape index (κ3) is 4.23. The third-order valence-electron chi connectivity index (χ3n) is 8.60. The van der Waals surface area contributed by atoms with Crippen LogP contribution in [0.1, 0.15) is 44.4 Å². The standard InChI is InChI=1S/C28H28F3N5O3/c1-35-14-33-34-26(35)24(17-10-38-11-17)16-3-2-4-18(7-16)36-9-20-19(27(36)37)5-15(6-23(20)28(29,30)31)8-32-25-21-12-39-13-22(21)25/h2-7,14,17,21-22,24-25,32H,8-13H2,1H3/t21-,22+,24-,25-/m0/s1. The van der Waals surface area contributed by atoms with Crippen LogP contribution in [0.15, 0.2) is 42.7 Å². The number of alkyl halides is 3. The summed E-state index contributed by atoms with van der Waals surface area (Å²) in [5.74, 6) is 1.30. The molecule has 1 aliphatic carbocycles. The molecule has 2 aromatic carbocycles. The molecule has 8 nitrogen and oxygen atoms in total. The fraction of sp³-hybridized carbons (Fsp3) is 0.464. The van der Waals surface area contributed by atoms with Crippen LogP contribution < -0.4 is 10.2 Å². The van der Waals surface area contributed by atoms with Crippen LogP contribution in [-0.4, -0.2) is 53.1 Å². The van der Waals surface area contributed by atoms with Crippen molar-refractivity contribution in [3.05, 3.63) is 76.4 Å². The van der Waals surface area contributed by atoms with Crippen molar-refractivity contribution in [2.75, 3.05) is 31.3 Å². The quantitative estimate of drug-likeness (QED) is 0.495. The van der Waals surface area contributed by atoms with Crippen LogP contribution in [0, 0.1) is 17.8 Å². The van der Waals surface area contributed by atoms with E-state index in [0.717, 1.165) is 11.4 Å². The van der Waals surface area contributed by atoms with E-state index in [-0.39, 0.29) is 42.1 Å². The number of halogens is 3. The Labute approximate surface area is 223 Å². The van der Waals surface area contributed by atoms with Gasteiger partial charge in [-0.3, -0.25) is 4.79 Å². The number of amides is 1. The van der Waals surface area contributed by atoms with E-state index in [1.807, 2.05) is 29.8 Å². The molecule has 0 bridgehead atoms. The number of ether oxygens (including phenoxy) is 2. The molecule has 3 fully saturated rings. The van der Waals surface area contributed by atoms with Crippen LogP contribution in [0.2, 0.25) is 0 Å². The molecule has 39 heavy (non-hydrogen) atoms. The number of nitrogens with zero attached hydrogens (tertiary/aromatic N) is 4. The molecule has 11 heteroatoms. The van der Waals surface area contributed by atoms with Crippen LogP contribution in [0.3, 0.4) is 0 Å². The lowest BCUT2D eigenvalue weighted by atomic mass is 9.83. The van der Waals surface area contributed by atoms with Gasteiger partial charge in [0.1, 0.15) is 12.2 Å². The molecular formula is C28H28F3N5O3. The Hall–Kier alpha value is -3.28. The number of aryl methyl sites for hydroxylation is 1. The number of nitrogens with one attached hydrogen (secondary N) is 1. The van der Waals surface area contributed by atoms with Gasteiger partial charge in [-0.15, -0.1) is 10.2 Å². The largest absolute Gasteiger partial charge is 0.416 e. The van der Waals surface area contributed by atoms with Gasteiger partial charge in [0, 0.05) is 48.6 Å². The molecule has 3 aromatic rings. The fourth-order valence-electron chi connectivity index (χ4n) is 6.35. The van der Waals surface area contributed by atoms with E-state index in [9.17, 15) is 18.0 Å². The maximum atomic E-state index is 14.2. The van der Waals surface area contributed by atoms with Crippen molar-refractivity contribution >= 4 is 11.6 Å². The van der Waals surface area contributed by atoms with E-state index < -0.39 is 17.6 Å². The van der Waals surface area contributed by atoms with Gasteiger partial charge in [-0.25, -0.2) is 0 Å². The van der Waals surface area contributed by atoms with Gasteiger partial charge < -0.3 is 24.3 Å². The molecule has 2 saturated heterocycles. The number of rotatable bonds is 7. The van der Waals surface area contributed by atoms with Crippen LogP contribution in [0.5, 0.6) is 0 Å². The zero-order chi connectivity index (χ0) is 26.9. The molecule has 0 spiro atoms. The second kappa shape index (κ2) is 9.14. The van der Waals surface area contributed by atoms with Gasteiger partial charge in [0.05, 0.1) is 44.5 Å². The first-order chi connectivity index (χ1) is 18.8. The van der Waals surface area contributed by atoms with Crippen molar-refractivity contribution < 1.29 is 27.4 Å². The topological polar surface area (TPSA) is 81.5 Å². The summed E-state index contributed by atoms with van der Waals surface area (Å²) in [4.78, 5) is 15.0. The highest BCUT2D eigenvalue weighted by Gasteiger charge is 2.53. The van der Waals surface area contributed by atoms with Gasteiger partial charge in [-0.05, 0) is 41.0 Å². The second-order valence-corrected chi connectivity index (χ2v) is 11.0. The lowest BCUT2D eigenvalue weighted by molar-refractivity contribution is -0.138. The van der Waals surface area contributed by atoms with Crippen LogP contribution in [0.25, 0.3) is 0 Å². The Kier molecular flexibility index (Phi) is 5.80. The van der Waals surface area contributed by atoms with Gasteiger partial charge in [-0.1, -0.05) is 12.1 Å². The number of benzene rings is 2. The first-order valence-electron chi connectivity index (χ1n) is 13.2. The molecule has 204 valence electrons. The predicted molar refractivity (Wildman–Crippen MR) is 134 cm³/mol. The lowest BCUT2D eigenvalue weighted by Gasteiger charge is -2.33. The number of anilines is 1. The number of carbonyl (C=O) groups excluding carboxylic acids is 1. The molecule has 1 saturated carbocycles. The fourth-order valence-corrected chi connectivity index (χ4v) is 6.35. The molecule has 4 aliphatic rings. The van der Waals surface area contributed by atoms with E-state index in [4.69, 9.17) is 9.47 Å². The summed E-state index contributed by atoms with van der Waals surface area (Å²) >= 11 is 0. The number of hydrogen-bond acceptors (Lipinski definition) is 6. The first kappa shape index (κ1) is 24.7. The number of carbonyl (C=O) groups is 1. The Morgan fingerprint density at radius 2 is 1.87 bits per heavy atom. The van der Waals surface area contributed by atoms with Gasteiger partial charge in [0.2, 0.25) is 0 Å². The summed E-state index contributed by atoms with van der Waals surface area (Å²) in [6.07, 6.45) is -2.93. The zero-order valence-electron chi connectivity index (χ0n) is 21.3. The molecule has 1 aromatic heterocycles. The Morgan fingerprint density at radius 3 is 2.54 bits per heavy atom. The highest BCUT2D eigenvalue weighted by atomic mass is 19.4. The van der Waals surface area contributed by atoms with Gasteiger partial charge in [0.15, 0.2) is 0 Å². The SMILES string of the molecule is Cn1cnnc1[C@@H](c1cccc(N2Cc3c(cc(CN[C@@H]4[C@@H]5COC[C@@H]54)cc3C(F)(F)F)C2=O)c1)C1COC1. The van der Waals surface area contributed by atoms with Crippen molar-refractivity contribution in [3.63, 3.8) is 0 Å². The molecule has 0 unspecified atom stereocenters. The minimum Gasteiger partial charge on any atom is -0.381 e. The highest BCUT2D eigenvalue weighted by molar-refractivity contribution is 6.10. The van der Waals surface area contributed by atoms with E-state index in [1.54, 1.807) is 18.5 Å². The van der Waals surface area contributed by atoms with E-state index in [0.29, 0.717) is 49.5 Å². The summed E-state index contributed by atoms with van der Waals surface area (Å²) in [5, 5.41) is 11.7. The van der Waals surface area contributed by atoms with Crippen LogP contribution in [-0.2, 0) is 35.8 Å². The zero-order valence-corrected chi connectivity index (χ0v) is 21.3. The lowest BCUT2D eigenvalue weighted by Crippen LogP contribution is -2.35. The second-order valence-electron chi connectivity index (χ2n) is 11.0. The van der Waals surface area contributed by atoms with Gasteiger partial charge in [-0.2, -0.15) is 13.2 Å². The molecule has 1 N–H and O–H groups in total. The van der Waals surface area contributed by atoms with Crippen molar-refractivity contribution in [1.82, 2.24) is 20.1 Å². The number of aromatic nitrogens is 3. The molecule has 3 aliphatic heterocycles. The van der Waals surface area contributed by atoms with E-state index in [1.165, 1.54) is 11.0 Å². The molecule has 7 rings (SSSR count). The molecule has 1 amide bonds. The highest BCUT2D eigenvalue weighted by Crippen LogP contribution is 2.45. The molecule has 0 radical (unpaired) electrons. The van der Waals surface area contributed by atoms with Crippen LogP contribution >= 0.6 is 0 Å². The minimum atomic E-state index is -4.57. The summed E-state index contributed by atoms with van der Waals surface area (Å²) in [5.41, 5.74) is 1.33. The molecular weight excluding hydrogens is 511 g/mol. The number of hydrogen-bond donors (Lipinski definition) is 1. The summed E-state index contributed by atoms with van der Waals surface area (Å²) in [6.45, 7) is 2.69. The van der Waals surface area contributed by atoms with Gasteiger partial charge in [0.25, 0.3) is 5.91 Å². The minimum absolute atomic E-state index is 0.0237. The van der Waals surface area contributed by atoms with Gasteiger partial charge >= 0.3 is 6.18 Å². The Bertz CT molecular complexity index is 1430. The summed E-state index contributed by atoms with van der Waals surface area (Å²) < 4.78 is 55.3. The Morgan fingerprint density at radius 1 is 1.10 bits per heavy atom. The van der Waals surface area contributed by atoms with Crippen molar-refractivity contribution in [2.24, 2.45) is 24.8 Å². The summed E-state index contributed by atoms with van der Waals surface area (Å²) in [6, 6.07) is 10.5. The van der Waals surface area contributed by atoms with E-state index >= 15 is 0 Å². The third-order valence-corrected chi connectivity index (χ3v) is 8.60. The van der Waals surface area contributed by atoms with Crippen molar-refractivity contribution in [2.45, 2.75) is 31.2 Å². The predicted octanol–water partition coefficient (Wildman–Crippen LogP) is 3.51. The molecule has 4 heterocycles. The smallest absolute Gasteiger partial charge is 0.381 e. The van der Waals surface area contributed by atoms with E-state index in [2.05, 4.69) is 15.5 Å². The Balaban J connectivity index is 1.19. The average Bonchev–Trinajstić information content (AvgIpc) is 3.26. The summed E-state index contributed by atoms with van der Waals surface area (Å²) in [7, 11) is 1.88. The van der Waals surface area contributed by atoms with Crippen LogP contribution in [0.4, 0.5) is 18.9 Å². The molecule has 4 atom stereocenters. The average molecular weight is 540 g/mol. The maximum Gasteiger partial charge on any atom is 0.416 e. The normalized spacial score (nSPS) is 25.0. The van der Waals surface area contributed by atoms with Crippen molar-refractivity contribution in [1.29, 1.82) is 0 Å². The monoisotopic (exact) mass is 539 g/mol.